The second kappa shape index (κ2) is 10.1. The Kier molecular flexibility index (Phi) is 7.50. The maximum absolute atomic E-state index is 12.6. The SMILES string of the molecule is CCc1ccc(C(=O)NNC(=O)/C=C/c2cccc(OC)c2OC(F)F)cc1. The highest BCUT2D eigenvalue weighted by Crippen LogP contribution is 2.33. The van der Waals surface area contributed by atoms with Crippen molar-refractivity contribution in [1.82, 2.24) is 10.9 Å². The number of alkyl halides is 2. The highest BCUT2D eigenvalue weighted by Gasteiger charge is 2.14. The van der Waals surface area contributed by atoms with Crippen LogP contribution in [0, 0.1) is 0 Å². The van der Waals surface area contributed by atoms with Gasteiger partial charge in [0.15, 0.2) is 11.5 Å². The van der Waals surface area contributed by atoms with Crippen LogP contribution in [0.4, 0.5) is 8.78 Å². The van der Waals surface area contributed by atoms with Crippen molar-refractivity contribution < 1.29 is 27.8 Å². The van der Waals surface area contributed by atoms with Crippen molar-refractivity contribution in [3.05, 3.63) is 65.2 Å². The van der Waals surface area contributed by atoms with Crippen molar-refractivity contribution >= 4 is 17.9 Å². The minimum Gasteiger partial charge on any atom is -0.493 e. The molecule has 0 radical (unpaired) electrons. The standard InChI is InChI=1S/C20H20F2N2O4/c1-3-13-7-9-15(10-8-13)19(26)24-23-17(25)12-11-14-5-4-6-16(27-2)18(14)28-20(21)22/h4-12,20H,3H2,1-2H3,(H,23,25)(H,24,26)/b12-11+. The van der Waals surface area contributed by atoms with Gasteiger partial charge in [0.05, 0.1) is 7.11 Å². The molecule has 0 bridgehead atoms. The molecule has 0 aliphatic carbocycles. The van der Waals surface area contributed by atoms with E-state index in [0.717, 1.165) is 18.1 Å². The number of halogens is 2. The predicted octanol–water partition coefficient (Wildman–Crippen LogP) is 3.33. The van der Waals surface area contributed by atoms with Crippen molar-refractivity contribution in [2.75, 3.05) is 7.11 Å². The lowest BCUT2D eigenvalue weighted by atomic mass is 10.1. The van der Waals surface area contributed by atoms with Gasteiger partial charge in [-0.3, -0.25) is 20.4 Å². The van der Waals surface area contributed by atoms with Gasteiger partial charge in [-0.15, -0.1) is 0 Å². The summed E-state index contributed by atoms with van der Waals surface area (Å²) in [7, 11) is 1.32. The minimum absolute atomic E-state index is 0.103. The highest BCUT2D eigenvalue weighted by atomic mass is 19.3. The fraction of sp³-hybridized carbons (Fsp3) is 0.200. The molecular weight excluding hydrogens is 370 g/mol. The van der Waals surface area contributed by atoms with Crippen molar-refractivity contribution in [1.29, 1.82) is 0 Å². The Hall–Kier alpha value is -3.42. The van der Waals surface area contributed by atoms with Crippen LogP contribution in [0.15, 0.2) is 48.5 Å². The zero-order chi connectivity index (χ0) is 20.5. The van der Waals surface area contributed by atoms with Crippen molar-refractivity contribution in [2.45, 2.75) is 20.0 Å². The lowest BCUT2D eigenvalue weighted by Crippen LogP contribution is -2.40. The molecule has 0 saturated carbocycles. The number of hydrazine groups is 1. The van der Waals surface area contributed by atoms with Crippen LogP contribution in [0.3, 0.4) is 0 Å². The topological polar surface area (TPSA) is 76.7 Å². The van der Waals surface area contributed by atoms with Gasteiger partial charge in [-0.25, -0.2) is 0 Å². The molecule has 2 aromatic carbocycles. The van der Waals surface area contributed by atoms with Gasteiger partial charge in [0, 0.05) is 17.2 Å². The zero-order valence-corrected chi connectivity index (χ0v) is 15.4. The number of hydrogen-bond donors (Lipinski definition) is 2. The van der Waals surface area contributed by atoms with Gasteiger partial charge in [0.2, 0.25) is 0 Å². The number of carbonyl (C=O) groups excluding carboxylic acids is 2. The molecule has 6 nitrogen and oxygen atoms in total. The third-order valence-corrected chi connectivity index (χ3v) is 3.77. The van der Waals surface area contributed by atoms with E-state index in [9.17, 15) is 18.4 Å². The second-order valence-electron chi connectivity index (χ2n) is 5.58. The highest BCUT2D eigenvalue weighted by molar-refractivity contribution is 5.98. The summed E-state index contributed by atoms with van der Waals surface area (Å²) in [4.78, 5) is 23.9. The van der Waals surface area contributed by atoms with Gasteiger partial charge < -0.3 is 9.47 Å². The van der Waals surface area contributed by atoms with E-state index in [2.05, 4.69) is 15.6 Å². The quantitative estimate of drug-likeness (QED) is 0.562. The van der Waals surface area contributed by atoms with E-state index < -0.39 is 18.4 Å². The summed E-state index contributed by atoms with van der Waals surface area (Å²) in [6, 6.07) is 11.5. The third kappa shape index (κ3) is 5.80. The van der Waals surface area contributed by atoms with Crippen LogP contribution in [0.5, 0.6) is 11.5 Å². The van der Waals surface area contributed by atoms with Gasteiger partial charge in [0.25, 0.3) is 11.8 Å². The number of aryl methyl sites for hydroxylation is 1. The number of amides is 2. The molecule has 0 spiro atoms. The molecule has 2 amide bonds. The fourth-order valence-electron chi connectivity index (χ4n) is 2.33. The second-order valence-corrected chi connectivity index (χ2v) is 5.58. The van der Waals surface area contributed by atoms with E-state index in [0.29, 0.717) is 5.56 Å². The monoisotopic (exact) mass is 390 g/mol. The van der Waals surface area contributed by atoms with E-state index in [4.69, 9.17) is 4.74 Å². The molecule has 0 aliphatic heterocycles. The number of methoxy groups -OCH3 is 1. The molecule has 0 unspecified atom stereocenters. The summed E-state index contributed by atoms with van der Waals surface area (Å²) in [6.07, 6.45) is 3.20. The summed E-state index contributed by atoms with van der Waals surface area (Å²) in [5, 5.41) is 0. The molecule has 2 rings (SSSR count). The largest absolute Gasteiger partial charge is 0.493 e. The molecule has 0 atom stereocenters. The molecule has 8 heteroatoms. The number of ether oxygens (including phenoxy) is 2. The summed E-state index contributed by atoms with van der Waals surface area (Å²) in [5.41, 5.74) is 6.20. The summed E-state index contributed by atoms with van der Waals surface area (Å²) >= 11 is 0. The Morgan fingerprint density at radius 2 is 1.82 bits per heavy atom. The van der Waals surface area contributed by atoms with Gasteiger partial charge in [0.1, 0.15) is 0 Å². The molecule has 0 fully saturated rings. The molecule has 28 heavy (non-hydrogen) atoms. The van der Waals surface area contributed by atoms with E-state index in [-0.39, 0.29) is 17.1 Å². The Morgan fingerprint density at radius 1 is 1.11 bits per heavy atom. The van der Waals surface area contributed by atoms with Gasteiger partial charge in [-0.05, 0) is 36.3 Å². The predicted molar refractivity (Wildman–Crippen MR) is 100 cm³/mol. The average Bonchev–Trinajstić information content (AvgIpc) is 2.70. The molecule has 0 aromatic heterocycles. The van der Waals surface area contributed by atoms with E-state index in [1.165, 1.54) is 25.3 Å². The van der Waals surface area contributed by atoms with Crippen LogP contribution in [-0.4, -0.2) is 25.5 Å². The van der Waals surface area contributed by atoms with Gasteiger partial charge in [-0.1, -0.05) is 31.2 Å². The maximum atomic E-state index is 12.6. The van der Waals surface area contributed by atoms with Crippen LogP contribution < -0.4 is 20.3 Å². The summed E-state index contributed by atoms with van der Waals surface area (Å²) in [6.45, 7) is -1.04. The normalized spacial score (nSPS) is 10.8. The Balaban J connectivity index is 2.00. The Bertz CT molecular complexity index is 852. The first-order valence-corrected chi connectivity index (χ1v) is 8.43. The molecule has 2 N–H and O–H groups in total. The molecule has 0 saturated heterocycles. The lowest BCUT2D eigenvalue weighted by Gasteiger charge is -2.12. The first kappa shape index (κ1) is 20.9. The first-order chi connectivity index (χ1) is 13.4. The molecule has 0 aliphatic rings. The number of nitrogens with one attached hydrogen (secondary N) is 2. The number of benzene rings is 2. The summed E-state index contributed by atoms with van der Waals surface area (Å²) < 4.78 is 34.7. The van der Waals surface area contributed by atoms with Crippen molar-refractivity contribution in [3.63, 3.8) is 0 Å². The number of rotatable bonds is 7. The Labute approximate surface area is 161 Å². The van der Waals surface area contributed by atoms with Gasteiger partial charge in [-0.2, -0.15) is 8.78 Å². The minimum atomic E-state index is -3.05. The summed E-state index contributed by atoms with van der Waals surface area (Å²) in [5.74, 6) is -1.22. The molecule has 2 aromatic rings. The van der Waals surface area contributed by atoms with E-state index >= 15 is 0 Å². The third-order valence-electron chi connectivity index (χ3n) is 3.77. The van der Waals surface area contributed by atoms with Crippen LogP contribution in [-0.2, 0) is 11.2 Å². The van der Waals surface area contributed by atoms with Crippen molar-refractivity contribution in [2.24, 2.45) is 0 Å². The number of hydrogen-bond acceptors (Lipinski definition) is 4. The Morgan fingerprint density at radius 3 is 2.43 bits per heavy atom. The number of carbonyl (C=O) groups is 2. The molecule has 148 valence electrons. The van der Waals surface area contributed by atoms with Crippen LogP contribution in [0.2, 0.25) is 0 Å². The first-order valence-electron chi connectivity index (χ1n) is 8.43. The van der Waals surface area contributed by atoms with Crippen LogP contribution in [0.1, 0.15) is 28.4 Å². The van der Waals surface area contributed by atoms with Crippen LogP contribution >= 0.6 is 0 Å². The molecule has 0 heterocycles. The van der Waals surface area contributed by atoms with E-state index in [1.807, 2.05) is 19.1 Å². The smallest absolute Gasteiger partial charge is 0.387 e. The lowest BCUT2D eigenvalue weighted by molar-refractivity contribution is -0.117. The van der Waals surface area contributed by atoms with Gasteiger partial charge >= 0.3 is 6.61 Å². The fourth-order valence-corrected chi connectivity index (χ4v) is 2.33. The average molecular weight is 390 g/mol. The maximum Gasteiger partial charge on any atom is 0.387 e. The van der Waals surface area contributed by atoms with E-state index in [1.54, 1.807) is 18.2 Å². The zero-order valence-electron chi connectivity index (χ0n) is 15.4. The van der Waals surface area contributed by atoms with Crippen LogP contribution in [0.25, 0.3) is 6.08 Å². The molecular formula is C20H20F2N2O4. The van der Waals surface area contributed by atoms with Crippen molar-refractivity contribution in [3.8, 4) is 11.5 Å². The number of para-hydroxylation sites is 1.